The third-order valence-electron chi connectivity index (χ3n) is 5.85. The zero-order chi connectivity index (χ0) is 25.6. The third-order valence-corrected chi connectivity index (χ3v) is 6.87. The molecule has 8 heteroatoms. The zero-order valence-corrected chi connectivity index (χ0v) is 22.3. The highest BCUT2D eigenvalue weighted by atomic mass is 32.1. The maximum atomic E-state index is 13.9. The molecule has 188 valence electrons. The van der Waals surface area contributed by atoms with E-state index in [9.17, 15) is 19.5 Å². The number of carbonyl (C=O) groups is 3. The summed E-state index contributed by atoms with van der Waals surface area (Å²) in [5.41, 5.74) is -0.0422. The number of hydrogen-bond acceptors (Lipinski definition) is 5. The van der Waals surface area contributed by atoms with E-state index in [4.69, 9.17) is 4.74 Å². The average Bonchev–Trinajstić information content (AvgIpc) is 3.18. The lowest BCUT2D eigenvalue weighted by atomic mass is 9.82. The fourth-order valence-corrected chi connectivity index (χ4v) is 4.79. The number of rotatable bonds is 8. The molecule has 1 fully saturated rings. The van der Waals surface area contributed by atoms with E-state index in [1.165, 1.54) is 9.80 Å². The molecule has 1 aromatic heterocycles. The van der Waals surface area contributed by atoms with Crippen molar-refractivity contribution in [3.8, 4) is 11.8 Å². The average molecular weight is 491 g/mol. The van der Waals surface area contributed by atoms with Crippen LogP contribution in [0, 0.1) is 29.1 Å². The molecule has 0 aromatic carbocycles. The van der Waals surface area contributed by atoms with Crippen LogP contribution in [0.25, 0.3) is 0 Å². The number of carboxylic acids is 1. The predicted molar refractivity (Wildman–Crippen MR) is 135 cm³/mol. The summed E-state index contributed by atoms with van der Waals surface area (Å²) in [6.45, 7) is 10.3. The van der Waals surface area contributed by atoms with Crippen molar-refractivity contribution in [2.75, 3.05) is 32.2 Å². The second-order valence-electron chi connectivity index (χ2n) is 10.2. The summed E-state index contributed by atoms with van der Waals surface area (Å²) in [6.07, 6.45) is 3.30. The van der Waals surface area contributed by atoms with Crippen LogP contribution >= 0.6 is 11.3 Å². The highest BCUT2D eigenvalue weighted by Crippen LogP contribution is 2.36. The van der Waals surface area contributed by atoms with Gasteiger partial charge in [0.2, 0.25) is 11.8 Å². The summed E-state index contributed by atoms with van der Waals surface area (Å²) >= 11 is 1.03. The lowest BCUT2D eigenvalue weighted by molar-refractivity contribution is -0.135. The summed E-state index contributed by atoms with van der Waals surface area (Å²) in [7, 11) is 3.25. The first-order valence-electron chi connectivity index (χ1n) is 11.9. The topological polar surface area (TPSA) is 87.2 Å². The number of nitrogens with zero attached hydrogens (tertiary/aromatic N) is 2. The van der Waals surface area contributed by atoms with Gasteiger partial charge in [0, 0.05) is 32.0 Å². The fraction of sp³-hybridized carbons (Fsp3) is 0.654. The Morgan fingerprint density at radius 3 is 2.32 bits per heavy atom. The van der Waals surface area contributed by atoms with E-state index in [-0.39, 0.29) is 40.3 Å². The van der Waals surface area contributed by atoms with Crippen LogP contribution in [0.3, 0.4) is 0 Å². The van der Waals surface area contributed by atoms with Crippen molar-refractivity contribution in [2.24, 2.45) is 17.3 Å². The summed E-state index contributed by atoms with van der Waals surface area (Å²) in [6, 6.07) is 0.677. The van der Waals surface area contributed by atoms with E-state index < -0.39 is 12.0 Å². The lowest BCUT2D eigenvalue weighted by Crippen LogP contribution is -2.54. The molecule has 1 aliphatic carbocycles. The first kappa shape index (κ1) is 27.9. The van der Waals surface area contributed by atoms with Crippen LogP contribution < -0.4 is 4.90 Å². The van der Waals surface area contributed by atoms with Gasteiger partial charge >= 0.3 is 5.97 Å². The van der Waals surface area contributed by atoms with Gasteiger partial charge in [-0.1, -0.05) is 18.8 Å². The van der Waals surface area contributed by atoms with Crippen LogP contribution in [0.15, 0.2) is 6.07 Å². The Morgan fingerprint density at radius 1 is 1.21 bits per heavy atom. The summed E-state index contributed by atoms with van der Waals surface area (Å²) in [5, 5.41) is 9.99. The van der Waals surface area contributed by atoms with Crippen molar-refractivity contribution < 1.29 is 24.2 Å². The Morgan fingerprint density at radius 2 is 1.82 bits per heavy atom. The van der Waals surface area contributed by atoms with Crippen LogP contribution in [0.1, 0.15) is 74.9 Å². The number of ether oxygens (including phenoxy) is 1. The van der Waals surface area contributed by atoms with Crippen molar-refractivity contribution in [1.29, 1.82) is 0 Å². The van der Waals surface area contributed by atoms with Gasteiger partial charge in [-0.2, -0.15) is 0 Å². The number of anilines is 1. The molecular formula is C26H38N2O5S. The van der Waals surface area contributed by atoms with Crippen LogP contribution in [-0.2, 0) is 14.3 Å². The Labute approximate surface area is 207 Å². The van der Waals surface area contributed by atoms with E-state index >= 15 is 0 Å². The van der Waals surface area contributed by atoms with Gasteiger partial charge in [0.25, 0.3) is 0 Å². The Kier molecular flexibility index (Phi) is 9.72. The van der Waals surface area contributed by atoms with Crippen LogP contribution in [0.2, 0.25) is 0 Å². The standard InChI is InChI=1S/C26H38N2O5S/c1-8-33-16-21(24(30)27(6)7)28(23(29)18-11-9-17(2)10-12-18)20-15-19(13-14-26(3,4)5)34-22(20)25(31)32/h15,17-18,21H,8-12,16H2,1-7H3,(H,31,32)/t17?,18?,21-/m1/s1. The molecule has 2 rings (SSSR count). The van der Waals surface area contributed by atoms with Crippen molar-refractivity contribution in [1.82, 2.24) is 4.90 Å². The van der Waals surface area contributed by atoms with Gasteiger partial charge in [-0.25, -0.2) is 4.79 Å². The van der Waals surface area contributed by atoms with Gasteiger partial charge in [0.05, 0.1) is 17.2 Å². The number of carbonyl (C=O) groups excluding carboxylic acids is 2. The van der Waals surface area contributed by atoms with Crippen LogP contribution in [-0.4, -0.2) is 61.1 Å². The highest BCUT2D eigenvalue weighted by Gasteiger charge is 2.39. The molecule has 1 aliphatic rings. The van der Waals surface area contributed by atoms with Crippen LogP contribution in [0.4, 0.5) is 5.69 Å². The lowest BCUT2D eigenvalue weighted by Gasteiger charge is -2.36. The molecular weight excluding hydrogens is 452 g/mol. The van der Waals surface area contributed by atoms with E-state index in [1.54, 1.807) is 20.2 Å². The highest BCUT2D eigenvalue weighted by molar-refractivity contribution is 7.15. The number of amides is 2. The summed E-state index contributed by atoms with van der Waals surface area (Å²) in [4.78, 5) is 42.7. The van der Waals surface area contributed by atoms with Gasteiger partial charge in [-0.3, -0.25) is 14.5 Å². The van der Waals surface area contributed by atoms with Gasteiger partial charge in [0.15, 0.2) is 0 Å². The minimum atomic E-state index is -1.15. The molecule has 0 radical (unpaired) electrons. The van der Waals surface area contributed by atoms with Gasteiger partial charge in [0.1, 0.15) is 10.9 Å². The first-order chi connectivity index (χ1) is 15.9. The molecule has 1 saturated carbocycles. The van der Waals surface area contributed by atoms with E-state index in [1.807, 2.05) is 27.7 Å². The number of likely N-dealkylation sites (N-methyl/N-ethyl adjacent to an activating group) is 1. The molecule has 1 heterocycles. The van der Waals surface area contributed by atoms with Crippen molar-refractivity contribution in [3.05, 3.63) is 15.8 Å². The van der Waals surface area contributed by atoms with Gasteiger partial charge in [-0.05, 0) is 65.4 Å². The quantitative estimate of drug-likeness (QED) is 0.542. The number of aromatic carboxylic acids is 1. The Balaban J connectivity index is 2.64. The largest absolute Gasteiger partial charge is 0.477 e. The van der Waals surface area contributed by atoms with Crippen molar-refractivity contribution in [3.63, 3.8) is 0 Å². The molecule has 1 atom stereocenters. The summed E-state index contributed by atoms with van der Waals surface area (Å²) < 4.78 is 5.61. The molecule has 0 aliphatic heterocycles. The molecule has 1 N–H and O–H groups in total. The Bertz CT molecular complexity index is 943. The monoisotopic (exact) mass is 490 g/mol. The molecule has 7 nitrogen and oxygen atoms in total. The van der Waals surface area contributed by atoms with E-state index in [0.717, 1.165) is 37.0 Å². The molecule has 2 amide bonds. The number of hydrogen-bond donors (Lipinski definition) is 1. The number of carboxylic acid groups (broad SMARTS) is 1. The maximum Gasteiger partial charge on any atom is 0.348 e. The minimum absolute atomic E-state index is 0.00351. The smallest absolute Gasteiger partial charge is 0.348 e. The maximum absolute atomic E-state index is 13.9. The number of thiophene rings is 1. The second-order valence-corrected chi connectivity index (χ2v) is 11.3. The molecule has 0 bridgehead atoms. The minimum Gasteiger partial charge on any atom is -0.477 e. The molecule has 1 aromatic rings. The van der Waals surface area contributed by atoms with E-state index in [2.05, 4.69) is 18.8 Å². The third kappa shape index (κ3) is 7.31. The molecule has 0 unspecified atom stereocenters. The predicted octanol–water partition coefficient (Wildman–Crippen LogP) is 4.50. The van der Waals surface area contributed by atoms with Crippen LogP contribution in [0.5, 0.6) is 0 Å². The second kappa shape index (κ2) is 11.9. The first-order valence-corrected chi connectivity index (χ1v) is 12.7. The Hall–Kier alpha value is -2.37. The van der Waals surface area contributed by atoms with Crippen molar-refractivity contribution >= 4 is 34.8 Å². The molecule has 0 saturated heterocycles. The molecule has 0 spiro atoms. The van der Waals surface area contributed by atoms with Gasteiger partial charge < -0.3 is 14.7 Å². The zero-order valence-electron chi connectivity index (χ0n) is 21.4. The van der Waals surface area contributed by atoms with Crippen molar-refractivity contribution in [2.45, 2.75) is 66.3 Å². The fourth-order valence-electron chi connectivity index (χ4n) is 3.95. The summed E-state index contributed by atoms with van der Waals surface area (Å²) in [5.74, 6) is 4.79. The van der Waals surface area contributed by atoms with E-state index in [0.29, 0.717) is 17.4 Å². The van der Waals surface area contributed by atoms with Gasteiger partial charge in [-0.15, -0.1) is 11.3 Å². The molecule has 34 heavy (non-hydrogen) atoms. The normalized spacial score (nSPS) is 19.0. The SMILES string of the molecule is CCOC[C@H](C(=O)N(C)C)N(C(=O)C1CCC(C)CC1)c1cc(C#CC(C)(C)C)sc1C(=O)O.